The molecule has 1 aromatic rings. The lowest BCUT2D eigenvalue weighted by molar-refractivity contribution is -0.137. The van der Waals surface area contributed by atoms with Crippen molar-refractivity contribution < 1.29 is 14.3 Å². The summed E-state index contributed by atoms with van der Waals surface area (Å²) in [6.07, 6.45) is 0.133. The third-order valence-electron chi connectivity index (χ3n) is 2.58. The van der Waals surface area contributed by atoms with Gasteiger partial charge in [-0.3, -0.25) is 9.69 Å². The van der Waals surface area contributed by atoms with Crippen molar-refractivity contribution in [1.82, 2.24) is 4.90 Å². The average Bonchev–Trinajstić information content (AvgIpc) is 2.28. The van der Waals surface area contributed by atoms with Gasteiger partial charge in [0.1, 0.15) is 5.82 Å². The van der Waals surface area contributed by atoms with Crippen LogP contribution in [0.2, 0.25) is 0 Å². The molecule has 0 fully saturated rings. The van der Waals surface area contributed by atoms with Gasteiger partial charge in [0.05, 0.1) is 6.42 Å². The Morgan fingerprint density at radius 1 is 1.33 bits per heavy atom. The van der Waals surface area contributed by atoms with Gasteiger partial charge in [0.2, 0.25) is 0 Å². The molecule has 1 aromatic carbocycles. The molecule has 0 amide bonds. The highest BCUT2D eigenvalue weighted by molar-refractivity contribution is 5.66. The highest BCUT2D eigenvalue weighted by atomic mass is 19.1. The van der Waals surface area contributed by atoms with E-state index in [1.165, 1.54) is 12.1 Å². The number of nitrogens with zero attached hydrogens (tertiary/aromatic N) is 1. The van der Waals surface area contributed by atoms with Crippen LogP contribution in [0.5, 0.6) is 0 Å². The summed E-state index contributed by atoms with van der Waals surface area (Å²) in [6, 6.07) is 6.34. The monoisotopic (exact) mass is 253 g/mol. The molecule has 0 aliphatic rings. The van der Waals surface area contributed by atoms with Crippen molar-refractivity contribution in [3.63, 3.8) is 0 Å². The van der Waals surface area contributed by atoms with Gasteiger partial charge in [-0.1, -0.05) is 26.0 Å². The van der Waals surface area contributed by atoms with Gasteiger partial charge in [-0.25, -0.2) is 4.39 Å². The molecule has 0 saturated carbocycles. The van der Waals surface area contributed by atoms with Crippen LogP contribution in [0, 0.1) is 11.7 Å². The predicted molar refractivity (Wildman–Crippen MR) is 68.8 cm³/mol. The lowest BCUT2D eigenvalue weighted by Gasteiger charge is -2.23. The maximum Gasteiger partial charge on any atom is 0.304 e. The van der Waals surface area contributed by atoms with Gasteiger partial charge in [0.15, 0.2) is 0 Å². The minimum absolute atomic E-state index is 0.133. The Kier molecular flexibility index (Phi) is 5.78. The molecule has 0 heterocycles. The van der Waals surface area contributed by atoms with Crippen LogP contribution in [-0.2, 0) is 11.3 Å². The van der Waals surface area contributed by atoms with Gasteiger partial charge in [-0.2, -0.15) is 0 Å². The maximum atomic E-state index is 12.8. The smallest absolute Gasteiger partial charge is 0.304 e. The Morgan fingerprint density at radius 3 is 2.44 bits per heavy atom. The van der Waals surface area contributed by atoms with E-state index in [4.69, 9.17) is 5.11 Å². The SMILES string of the molecule is CC(C)CN(CCC(=O)O)Cc1ccc(F)cc1. The zero-order valence-corrected chi connectivity index (χ0v) is 10.9. The number of benzene rings is 1. The van der Waals surface area contributed by atoms with Gasteiger partial charge in [-0.15, -0.1) is 0 Å². The molecule has 0 saturated heterocycles. The fourth-order valence-corrected chi connectivity index (χ4v) is 1.85. The molecule has 0 atom stereocenters. The second-order valence-electron chi connectivity index (χ2n) is 4.90. The van der Waals surface area contributed by atoms with Crippen LogP contribution in [0.25, 0.3) is 0 Å². The van der Waals surface area contributed by atoms with Gasteiger partial charge >= 0.3 is 5.97 Å². The number of halogens is 1. The summed E-state index contributed by atoms with van der Waals surface area (Å²) in [4.78, 5) is 12.7. The van der Waals surface area contributed by atoms with Crippen LogP contribution in [0.4, 0.5) is 4.39 Å². The number of aliphatic carboxylic acids is 1. The number of carboxylic acid groups (broad SMARTS) is 1. The highest BCUT2D eigenvalue weighted by Gasteiger charge is 2.10. The molecule has 1 N–H and O–H groups in total. The van der Waals surface area contributed by atoms with Crippen LogP contribution in [0.1, 0.15) is 25.8 Å². The lowest BCUT2D eigenvalue weighted by Crippen LogP contribution is -2.29. The summed E-state index contributed by atoms with van der Waals surface area (Å²) < 4.78 is 12.8. The molecule has 1 rings (SSSR count). The van der Waals surface area contributed by atoms with Crippen molar-refractivity contribution in [1.29, 1.82) is 0 Å². The number of hydrogen-bond acceptors (Lipinski definition) is 2. The molecule has 0 spiro atoms. The van der Waals surface area contributed by atoms with E-state index >= 15 is 0 Å². The summed E-state index contributed by atoms with van der Waals surface area (Å²) in [6.45, 7) is 6.21. The normalized spacial score (nSPS) is 11.2. The largest absolute Gasteiger partial charge is 0.481 e. The van der Waals surface area contributed by atoms with Gasteiger partial charge in [0, 0.05) is 19.6 Å². The van der Waals surface area contributed by atoms with Crippen LogP contribution in [0.15, 0.2) is 24.3 Å². The first kappa shape index (κ1) is 14.6. The number of hydrogen-bond donors (Lipinski definition) is 1. The van der Waals surface area contributed by atoms with Crippen molar-refractivity contribution in [2.45, 2.75) is 26.8 Å². The minimum atomic E-state index is -0.789. The van der Waals surface area contributed by atoms with Crippen molar-refractivity contribution in [2.75, 3.05) is 13.1 Å². The fourth-order valence-electron chi connectivity index (χ4n) is 1.85. The molecule has 0 radical (unpaired) electrons. The third kappa shape index (κ3) is 5.77. The first-order chi connectivity index (χ1) is 8.47. The van der Waals surface area contributed by atoms with Crippen molar-refractivity contribution in [3.05, 3.63) is 35.6 Å². The van der Waals surface area contributed by atoms with Gasteiger partial charge in [-0.05, 0) is 23.6 Å². The first-order valence-electron chi connectivity index (χ1n) is 6.16. The maximum absolute atomic E-state index is 12.8. The Hall–Kier alpha value is -1.42. The van der Waals surface area contributed by atoms with E-state index in [0.717, 1.165) is 12.1 Å². The van der Waals surface area contributed by atoms with Crippen molar-refractivity contribution in [2.24, 2.45) is 5.92 Å². The molecular formula is C14H20FNO2. The average molecular weight is 253 g/mol. The standard InChI is InChI=1S/C14H20FNO2/c1-11(2)9-16(8-7-14(17)18)10-12-3-5-13(15)6-4-12/h3-6,11H,7-10H2,1-2H3,(H,17,18). The summed E-state index contributed by atoms with van der Waals surface area (Å²) in [5, 5.41) is 8.72. The first-order valence-corrected chi connectivity index (χ1v) is 6.16. The second-order valence-corrected chi connectivity index (χ2v) is 4.90. The quantitative estimate of drug-likeness (QED) is 0.812. The Bertz CT molecular complexity index is 376. The van der Waals surface area contributed by atoms with E-state index in [1.807, 2.05) is 0 Å². The molecule has 0 aliphatic carbocycles. The molecule has 100 valence electrons. The summed E-state index contributed by atoms with van der Waals surface area (Å²) >= 11 is 0. The topological polar surface area (TPSA) is 40.5 Å². The lowest BCUT2D eigenvalue weighted by atomic mass is 10.1. The van der Waals surface area contributed by atoms with Crippen LogP contribution in [0.3, 0.4) is 0 Å². The molecule has 0 aromatic heterocycles. The zero-order chi connectivity index (χ0) is 13.5. The second kappa shape index (κ2) is 7.11. The Morgan fingerprint density at radius 2 is 1.94 bits per heavy atom. The summed E-state index contributed by atoms with van der Waals surface area (Å²) in [5.41, 5.74) is 1.00. The van der Waals surface area contributed by atoms with E-state index < -0.39 is 5.97 Å². The van der Waals surface area contributed by atoms with Gasteiger partial charge < -0.3 is 5.11 Å². The molecule has 3 nitrogen and oxygen atoms in total. The summed E-state index contributed by atoms with van der Waals surface area (Å²) in [7, 11) is 0. The molecular weight excluding hydrogens is 233 g/mol. The van der Waals surface area contributed by atoms with E-state index in [-0.39, 0.29) is 12.2 Å². The van der Waals surface area contributed by atoms with Crippen molar-refractivity contribution in [3.8, 4) is 0 Å². The predicted octanol–water partition coefficient (Wildman–Crippen LogP) is 2.76. The number of carboxylic acids is 1. The molecule has 0 bridgehead atoms. The molecule has 0 aliphatic heterocycles. The fraction of sp³-hybridized carbons (Fsp3) is 0.500. The zero-order valence-electron chi connectivity index (χ0n) is 10.9. The van der Waals surface area contributed by atoms with E-state index in [2.05, 4.69) is 18.7 Å². The third-order valence-corrected chi connectivity index (χ3v) is 2.58. The molecule has 18 heavy (non-hydrogen) atoms. The minimum Gasteiger partial charge on any atom is -0.481 e. The van der Waals surface area contributed by atoms with E-state index in [0.29, 0.717) is 19.0 Å². The van der Waals surface area contributed by atoms with Crippen LogP contribution < -0.4 is 0 Å². The van der Waals surface area contributed by atoms with E-state index in [9.17, 15) is 9.18 Å². The van der Waals surface area contributed by atoms with Crippen LogP contribution >= 0.6 is 0 Å². The Balaban J connectivity index is 2.59. The van der Waals surface area contributed by atoms with Gasteiger partial charge in [0.25, 0.3) is 0 Å². The van der Waals surface area contributed by atoms with Crippen LogP contribution in [-0.4, -0.2) is 29.1 Å². The molecule has 4 heteroatoms. The van der Waals surface area contributed by atoms with E-state index in [1.54, 1.807) is 12.1 Å². The molecule has 0 unspecified atom stereocenters. The number of rotatable bonds is 7. The summed E-state index contributed by atoms with van der Waals surface area (Å²) in [5.74, 6) is -0.568. The Labute approximate surface area is 107 Å². The highest BCUT2D eigenvalue weighted by Crippen LogP contribution is 2.09. The number of carbonyl (C=O) groups is 1. The van der Waals surface area contributed by atoms with Crippen molar-refractivity contribution >= 4 is 5.97 Å².